The largest absolute Gasteiger partial charge is 0.496 e. The normalized spacial score (nSPS) is 11.1. The van der Waals surface area contributed by atoms with Crippen LogP contribution in [0.1, 0.15) is 25.0 Å². The van der Waals surface area contributed by atoms with Crippen LogP contribution in [0.3, 0.4) is 0 Å². The Labute approximate surface area is 133 Å². The third-order valence-corrected chi connectivity index (χ3v) is 3.43. The lowest BCUT2D eigenvalue weighted by Gasteiger charge is -2.25. The molecule has 4 nitrogen and oxygen atoms in total. The van der Waals surface area contributed by atoms with Crippen LogP contribution in [0.5, 0.6) is 5.75 Å². The van der Waals surface area contributed by atoms with Gasteiger partial charge in [0.2, 0.25) is 0 Å². The minimum Gasteiger partial charge on any atom is -0.496 e. The lowest BCUT2D eigenvalue weighted by atomic mass is 10.1. The molecule has 1 aromatic carbocycles. The molecule has 0 bridgehead atoms. The summed E-state index contributed by atoms with van der Waals surface area (Å²) in [6.45, 7) is 7.81. The molecule has 21 heavy (non-hydrogen) atoms. The van der Waals surface area contributed by atoms with Gasteiger partial charge in [0, 0.05) is 37.9 Å². The number of thiocarbonyl (C=S) groups is 1. The van der Waals surface area contributed by atoms with Crippen molar-refractivity contribution in [2.24, 2.45) is 11.7 Å². The summed E-state index contributed by atoms with van der Waals surface area (Å²) in [5.41, 5.74) is 7.69. The van der Waals surface area contributed by atoms with Gasteiger partial charge in [-0.3, -0.25) is 4.90 Å². The average Bonchev–Trinajstić information content (AvgIpc) is 2.44. The van der Waals surface area contributed by atoms with Crippen LogP contribution >= 0.6 is 12.2 Å². The first-order chi connectivity index (χ1) is 9.97. The van der Waals surface area contributed by atoms with E-state index in [1.54, 1.807) is 14.2 Å². The molecule has 118 valence electrons. The first kappa shape index (κ1) is 17.9. The summed E-state index contributed by atoms with van der Waals surface area (Å²) in [4.78, 5) is 2.77. The van der Waals surface area contributed by atoms with Crippen molar-refractivity contribution < 1.29 is 9.47 Å². The van der Waals surface area contributed by atoms with E-state index in [1.165, 1.54) is 0 Å². The SMILES string of the molecule is COCCN(Cc1cc(C(N)=S)ccc1OC)CC(C)C. The Balaban J connectivity index is 2.93. The number of rotatable bonds is 9. The van der Waals surface area contributed by atoms with Crippen LogP contribution in [-0.4, -0.2) is 43.8 Å². The standard InChI is InChI=1S/C16H26N2O2S/c1-12(2)10-18(7-8-19-3)11-14-9-13(16(17)21)5-6-15(14)20-4/h5-6,9,12H,7-8,10-11H2,1-4H3,(H2,17,21). The summed E-state index contributed by atoms with van der Waals surface area (Å²) in [6, 6.07) is 5.83. The Morgan fingerprint density at radius 3 is 2.57 bits per heavy atom. The Morgan fingerprint density at radius 1 is 1.33 bits per heavy atom. The van der Waals surface area contributed by atoms with Crippen molar-refractivity contribution in [3.8, 4) is 5.75 Å². The third-order valence-electron chi connectivity index (χ3n) is 3.19. The lowest BCUT2D eigenvalue weighted by molar-refractivity contribution is 0.135. The molecule has 0 heterocycles. The molecule has 0 atom stereocenters. The fraction of sp³-hybridized carbons (Fsp3) is 0.562. The van der Waals surface area contributed by atoms with Crippen LogP contribution in [0.15, 0.2) is 18.2 Å². The second-order valence-corrected chi connectivity index (χ2v) is 5.95. The molecule has 0 fully saturated rings. The number of ether oxygens (including phenoxy) is 2. The van der Waals surface area contributed by atoms with Crippen LogP contribution in [-0.2, 0) is 11.3 Å². The first-order valence-electron chi connectivity index (χ1n) is 7.16. The summed E-state index contributed by atoms with van der Waals surface area (Å²) in [5.74, 6) is 1.45. The molecule has 2 N–H and O–H groups in total. The van der Waals surface area contributed by atoms with Gasteiger partial charge in [0.05, 0.1) is 13.7 Å². The maximum Gasteiger partial charge on any atom is 0.123 e. The predicted molar refractivity (Wildman–Crippen MR) is 90.9 cm³/mol. The molecule has 0 spiro atoms. The highest BCUT2D eigenvalue weighted by Crippen LogP contribution is 2.22. The van der Waals surface area contributed by atoms with Crippen LogP contribution in [0, 0.1) is 5.92 Å². The smallest absolute Gasteiger partial charge is 0.123 e. The third kappa shape index (κ3) is 5.99. The fourth-order valence-corrected chi connectivity index (χ4v) is 2.39. The summed E-state index contributed by atoms with van der Waals surface area (Å²) < 4.78 is 10.6. The van der Waals surface area contributed by atoms with Gasteiger partial charge in [-0.2, -0.15) is 0 Å². The number of hydrogen-bond acceptors (Lipinski definition) is 4. The Kier molecular flexibility index (Phi) is 7.64. The van der Waals surface area contributed by atoms with Gasteiger partial charge in [-0.1, -0.05) is 26.1 Å². The van der Waals surface area contributed by atoms with Gasteiger partial charge in [-0.15, -0.1) is 0 Å². The number of methoxy groups -OCH3 is 2. The number of benzene rings is 1. The van der Waals surface area contributed by atoms with Crippen LogP contribution in [0.4, 0.5) is 0 Å². The highest BCUT2D eigenvalue weighted by Gasteiger charge is 2.12. The van der Waals surface area contributed by atoms with Gasteiger partial charge in [-0.05, 0) is 24.1 Å². The molecular formula is C16H26N2O2S. The molecule has 1 rings (SSSR count). The molecule has 0 aromatic heterocycles. The van der Waals surface area contributed by atoms with Crippen LogP contribution in [0.2, 0.25) is 0 Å². The molecule has 0 unspecified atom stereocenters. The second-order valence-electron chi connectivity index (χ2n) is 5.51. The minimum atomic E-state index is 0.409. The van der Waals surface area contributed by atoms with E-state index >= 15 is 0 Å². The van der Waals surface area contributed by atoms with Crippen molar-refractivity contribution in [3.63, 3.8) is 0 Å². The number of nitrogens with zero attached hydrogens (tertiary/aromatic N) is 1. The molecule has 0 amide bonds. The van der Waals surface area contributed by atoms with E-state index in [4.69, 9.17) is 27.4 Å². The first-order valence-corrected chi connectivity index (χ1v) is 7.56. The molecule has 5 heteroatoms. The quantitative estimate of drug-likeness (QED) is 0.710. The molecule has 0 radical (unpaired) electrons. The summed E-state index contributed by atoms with van der Waals surface area (Å²) in [6.07, 6.45) is 0. The van der Waals surface area contributed by atoms with E-state index in [0.29, 0.717) is 17.5 Å². The van der Waals surface area contributed by atoms with E-state index in [-0.39, 0.29) is 0 Å². The van der Waals surface area contributed by atoms with Crippen LogP contribution < -0.4 is 10.5 Å². The summed E-state index contributed by atoms with van der Waals surface area (Å²) in [5, 5.41) is 0. The van der Waals surface area contributed by atoms with E-state index in [2.05, 4.69) is 18.7 Å². The highest BCUT2D eigenvalue weighted by molar-refractivity contribution is 7.80. The summed E-state index contributed by atoms with van der Waals surface area (Å²) >= 11 is 5.06. The predicted octanol–water partition coefficient (Wildman–Crippen LogP) is 2.43. The van der Waals surface area contributed by atoms with Gasteiger partial charge in [0.25, 0.3) is 0 Å². The molecule has 0 aliphatic heterocycles. The van der Waals surface area contributed by atoms with Crippen molar-refractivity contribution in [1.82, 2.24) is 4.90 Å². The van der Waals surface area contributed by atoms with Gasteiger partial charge in [-0.25, -0.2) is 0 Å². The van der Waals surface area contributed by atoms with Crippen molar-refractivity contribution in [2.45, 2.75) is 20.4 Å². The van der Waals surface area contributed by atoms with Gasteiger partial charge < -0.3 is 15.2 Å². The maximum absolute atomic E-state index is 5.72. The highest BCUT2D eigenvalue weighted by atomic mass is 32.1. The van der Waals surface area contributed by atoms with Crippen molar-refractivity contribution in [2.75, 3.05) is 33.9 Å². The van der Waals surface area contributed by atoms with Crippen LogP contribution in [0.25, 0.3) is 0 Å². The lowest BCUT2D eigenvalue weighted by Crippen LogP contribution is -2.30. The molecule has 0 aliphatic rings. The van der Waals surface area contributed by atoms with Crippen molar-refractivity contribution in [1.29, 1.82) is 0 Å². The van der Waals surface area contributed by atoms with E-state index in [9.17, 15) is 0 Å². The topological polar surface area (TPSA) is 47.7 Å². The zero-order valence-corrected chi connectivity index (χ0v) is 14.2. The zero-order valence-electron chi connectivity index (χ0n) is 13.4. The Hall–Kier alpha value is -1.17. The molecular weight excluding hydrogens is 284 g/mol. The number of hydrogen-bond donors (Lipinski definition) is 1. The summed E-state index contributed by atoms with van der Waals surface area (Å²) in [7, 11) is 3.41. The zero-order chi connectivity index (χ0) is 15.8. The molecule has 0 saturated carbocycles. The fourth-order valence-electron chi connectivity index (χ4n) is 2.27. The van der Waals surface area contributed by atoms with E-state index in [1.807, 2.05) is 18.2 Å². The van der Waals surface area contributed by atoms with Crippen molar-refractivity contribution in [3.05, 3.63) is 29.3 Å². The van der Waals surface area contributed by atoms with Crippen molar-refractivity contribution >= 4 is 17.2 Å². The molecule has 0 aliphatic carbocycles. The number of nitrogens with two attached hydrogens (primary N) is 1. The average molecular weight is 310 g/mol. The molecule has 1 aromatic rings. The van der Waals surface area contributed by atoms with Gasteiger partial charge >= 0.3 is 0 Å². The monoisotopic (exact) mass is 310 g/mol. The maximum atomic E-state index is 5.72. The van der Waals surface area contributed by atoms with E-state index < -0.39 is 0 Å². The second kappa shape index (κ2) is 8.97. The van der Waals surface area contributed by atoms with Gasteiger partial charge in [0.15, 0.2) is 0 Å². The Morgan fingerprint density at radius 2 is 2.05 bits per heavy atom. The van der Waals surface area contributed by atoms with E-state index in [0.717, 1.165) is 36.5 Å². The van der Waals surface area contributed by atoms with Gasteiger partial charge in [0.1, 0.15) is 10.7 Å². The minimum absolute atomic E-state index is 0.409. The Bertz CT molecular complexity index is 464. The molecule has 0 saturated heterocycles.